The molecule has 0 radical (unpaired) electrons. The van der Waals surface area contributed by atoms with Gasteiger partial charge in [0.25, 0.3) is 5.91 Å². The number of halogens is 1. The van der Waals surface area contributed by atoms with E-state index in [1.165, 1.54) is 5.56 Å². The van der Waals surface area contributed by atoms with Crippen molar-refractivity contribution in [2.24, 2.45) is 12.0 Å². The summed E-state index contributed by atoms with van der Waals surface area (Å²) in [5.74, 6) is 1.46. The van der Waals surface area contributed by atoms with Gasteiger partial charge in [0.1, 0.15) is 0 Å². The van der Waals surface area contributed by atoms with Gasteiger partial charge in [-0.05, 0) is 43.5 Å². The Bertz CT molecular complexity index is 950. The fourth-order valence-corrected chi connectivity index (χ4v) is 4.68. The van der Waals surface area contributed by atoms with Crippen molar-refractivity contribution < 1.29 is 9.53 Å². The van der Waals surface area contributed by atoms with E-state index in [0.29, 0.717) is 25.6 Å². The first-order valence-corrected chi connectivity index (χ1v) is 11.4. The third kappa shape index (κ3) is 6.26. The Morgan fingerprint density at radius 2 is 1.85 bits per heavy atom. The number of aryl methyl sites for hydroxylation is 1. The molecule has 9 heteroatoms. The van der Waals surface area contributed by atoms with Gasteiger partial charge in [0.2, 0.25) is 0 Å². The van der Waals surface area contributed by atoms with Crippen LogP contribution in [0, 0.1) is 0 Å². The number of morpholine rings is 1. The van der Waals surface area contributed by atoms with Gasteiger partial charge in [0.05, 0.1) is 18.4 Å². The first-order chi connectivity index (χ1) is 15.4. The number of nitrogens with zero attached hydrogens (tertiary/aromatic N) is 5. The SMILES string of the molecule is CN=C(NCc1ccc(C(=O)N2CC(C)OC(C)C2)cc1)N1CCC(c2cnn(C)c2)C1.I. The second-order valence-electron chi connectivity index (χ2n) is 8.94. The Kier molecular flexibility index (Phi) is 8.75. The highest BCUT2D eigenvalue weighted by atomic mass is 127. The number of aliphatic imine (C=N–C) groups is 1. The van der Waals surface area contributed by atoms with E-state index in [9.17, 15) is 4.79 Å². The molecule has 33 heavy (non-hydrogen) atoms. The Morgan fingerprint density at radius 3 is 2.45 bits per heavy atom. The van der Waals surface area contributed by atoms with Crippen molar-refractivity contribution in [1.82, 2.24) is 24.9 Å². The molecule has 1 aromatic carbocycles. The van der Waals surface area contributed by atoms with Crippen LogP contribution in [-0.4, -0.2) is 76.9 Å². The Labute approximate surface area is 213 Å². The van der Waals surface area contributed by atoms with E-state index >= 15 is 0 Å². The minimum atomic E-state index is 0. The molecule has 2 aromatic rings. The highest BCUT2D eigenvalue weighted by Gasteiger charge is 2.28. The van der Waals surface area contributed by atoms with Crippen LogP contribution >= 0.6 is 24.0 Å². The molecule has 180 valence electrons. The zero-order chi connectivity index (χ0) is 22.7. The van der Waals surface area contributed by atoms with Crippen LogP contribution in [0.15, 0.2) is 41.7 Å². The van der Waals surface area contributed by atoms with Crippen LogP contribution in [0.1, 0.15) is 47.7 Å². The van der Waals surface area contributed by atoms with Crippen molar-refractivity contribution in [2.75, 3.05) is 33.2 Å². The molecule has 0 saturated carbocycles. The van der Waals surface area contributed by atoms with Gasteiger partial charge in [-0.1, -0.05) is 12.1 Å². The molecule has 0 bridgehead atoms. The van der Waals surface area contributed by atoms with E-state index in [-0.39, 0.29) is 42.1 Å². The van der Waals surface area contributed by atoms with E-state index in [4.69, 9.17) is 4.74 Å². The second-order valence-corrected chi connectivity index (χ2v) is 8.94. The molecule has 1 N–H and O–H groups in total. The highest BCUT2D eigenvalue weighted by molar-refractivity contribution is 14.0. The monoisotopic (exact) mass is 566 g/mol. The number of carbonyl (C=O) groups is 1. The minimum Gasteiger partial charge on any atom is -0.372 e. The summed E-state index contributed by atoms with van der Waals surface area (Å²) in [4.78, 5) is 21.5. The summed E-state index contributed by atoms with van der Waals surface area (Å²) in [7, 11) is 3.78. The fourth-order valence-electron chi connectivity index (χ4n) is 4.68. The topological polar surface area (TPSA) is 75.0 Å². The molecule has 2 aliphatic rings. The number of likely N-dealkylation sites (tertiary alicyclic amines) is 1. The van der Waals surface area contributed by atoms with Crippen LogP contribution in [0.25, 0.3) is 0 Å². The number of benzene rings is 1. The number of hydrogen-bond donors (Lipinski definition) is 1. The third-order valence-electron chi connectivity index (χ3n) is 6.25. The molecule has 1 aromatic heterocycles. The summed E-state index contributed by atoms with van der Waals surface area (Å²) in [6.07, 6.45) is 5.31. The number of rotatable bonds is 4. The summed E-state index contributed by atoms with van der Waals surface area (Å²) >= 11 is 0. The molecule has 8 nitrogen and oxygen atoms in total. The molecule has 3 atom stereocenters. The molecule has 3 heterocycles. The summed E-state index contributed by atoms with van der Waals surface area (Å²) in [5.41, 5.74) is 3.13. The smallest absolute Gasteiger partial charge is 0.254 e. The number of guanidine groups is 1. The molecule has 2 fully saturated rings. The van der Waals surface area contributed by atoms with Crippen molar-refractivity contribution in [1.29, 1.82) is 0 Å². The zero-order valence-electron chi connectivity index (χ0n) is 19.9. The lowest BCUT2D eigenvalue weighted by atomic mass is 10.0. The van der Waals surface area contributed by atoms with Crippen LogP contribution < -0.4 is 5.32 Å². The Morgan fingerprint density at radius 1 is 1.15 bits per heavy atom. The summed E-state index contributed by atoms with van der Waals surface area (Å²) in [5, 5.41) is 7.77. The van der Waals surface area contributed by atoms with E-state index < -0.39 is 0 Å². The van der Waals surface area contributed by atoms with E-state index in [0.717, 1.165) is 36.6 Å². The summed E-state index contributed by atoms with van der Waals surface area (Å²) in [6.45, 7) is 7.88. The van der Waals surface area contributed by atoms with Crippen molar-refractivity contribution in [2.45, 2.75) is 44.9 Å². The van der Waals surface area contributed by atoms with Crippen molar-refractivity contribution in [3.63, 3.8) is 0 Å². The number of aromatic nitrogens is 2. The zero-order valence-corrected chi connectivity index (χ0v) is 22.2. The Hall–Kier alpha value is -2.14. The van der Waals surface area contributed by atoms with Gasteiger partial charge in [0, 0.05) is 64.5 Å². The lowest BCUT2D eigenvalue weighted by molar-refractivity contribution is -0.0586. The molecule has 2 saturated heterocycles. The van der Waals surface area contributed by atoms with Gasteiger partial charge in [0.15, 0.2) is 5.96 Å². The average Bonchev–Trinajstić information content (AvgIpc) is 3.43. The largest absolute Gasteiger partial charge is 0.372 e. The maximum Gasteiger partial charge on any atom is 0.254 e. The number of amides is 1. The average molecular weight is 566 g/mol. The molecular formula is C24H35IN6O2. The van der Waals surface area contributed by atoms with Gasteiger partial charge in [-0.2, -0.15) is 5.10 Å². The van der Waals surface area contributed by atoms with Gasteiger partial charge < -0.3 is 19.9 Å². The molecule has 0 spiro atoms. The second kappa shape index (κ2) is 11.3. The van der Waals surface area contributed by atoms with Crippen LogP contribution in [0.5, 0.6) is 0 Å². The van der Waals surface area contributed by atoms with Crippen LogP contribution in [0.2, 0.25) is 0 Å². The molecule has 3 unspecified atom stereocenters. The highest BCUT2D eigenvalue weighted by Crippen LogP contribution is 2.26. The molecule has 1 amide bonds. The van der Waals surface area contributed by atoms with Crippen molar-refractivity contribution in [3.05, 3.63) is 53.3 Å². The molecule has 4 rings (SSSR count). The van der Waals surface area contributed by atoms with Crippen molar-refractivity contribution in [3.8, 4) is 0 Å². The van der Waals surface area contributed by atoms with Crippen LogP contribution in [0.4, 0.5) is 0 Å². The van der Waals surface area contributed by atoms with E-state index in [1.807, 2.05) is 68.0 Å². The van der Waals surface area contributed by atoms with Crippen LogP contribution in [-0.2, 0) is 18.3 Å². The first-order valence-electron chi connectivity index (χ1n) is 11.4. The van der Waals surface area contributed by atoms with Gasteiger partial charge in [-0.3, -0.25) is 14.5 Å². The van der Waals surface area contributed by atoms with Crippen molar-refractivity contribution >= 4 is 35.8 Å². The lowest BCUT2D eigenvalue weighted by Crippen LogP contribution is -2.48. The summed E-state index contributed by atoms with van der Waals surface area (Å²) in [6, 6.07) is 7.87. The number of hydrogen-bond acceptors (Lipinski definition) is 4. The Balaban J connectivity index is 0.00000306. The maximum atomic E-state index is 12.9. The quantitative estimate of drug-likeness (QED) is 0.350. The lowest BCUT2D eigenvalue weighted by Gasteiger charge is -2.35. The summed E-state index contributed by atoms with van der Waals surface area (Å²) < 4.78 is 7.60. The first kappa shape index (κ1) is 25.5. The predicted octanol–water partition coefficient (Wildman–Crippen LogP) is 2.85. The molecule has 2 aliphatic heterocycles. The van der Waals surface area contributed by atoms with Gasteiger partial charge >= 0.3 is 0 Å². The predicted molar refractivity (Wildman–Crippen MR) is 140 cm³/mol. The van der Waals surface area contributed by atoms with E-state index in [1.54, 1.807) is 0 Å². The maximum absolute atomic E-state index is 12.9. The van der Waals surface area contributed by atoms with E-state index in [2.05, 4.69) is 26.5 Å². The standard InChI is InChI=1S/C24H34N6O2.HI/c1-17-13-30(14-18(2)32-17)23(31)20-7-5-19(6-8-20)11-26-24(25-3)29-10-9-21(16-29)22-12-27-28(4)15-22;/h5-8,12,15,17-18,21H,9-11,13-14,16H2,1-4H3,(H,25,26);1H. The minimum absolute atomic E-state index is 0. The number of nitrogens with one attached hydrogen (secondary N) is 1. The molecular weight excluding hydrogens is 531 g/mol. The number of ether oxygens (including phenoxy) is 1. The normalized spacial score (nSPS) is 23.4. The van der Waals surface area contributed by atoms with Gasteiger partial charge in [-0.15, -0.1) is 24.0 Å². The van der Waals surface area contributed by atoms with Gasteiger partial charge in [-0.25, -0.2) is 0 Å². The fraction of sp³-hybridized carbons (Fsp3) is 0.542. The third-order valence-corrected chi connectivity index (χ3v) is 6.25. The number of carbonyl (C=O) groups excluding carboxylic acids is 1. The van der Waals surface area contributed by atoms with Crippen LogP contribution in [0.3, 0.4) is 0 Å². The molecule has 0 aliphatic carbocycles.